The van der Waals surface area contributed by atoms with Crippen LogP contribution in [0.25, 0.3) is 11.7 Å². The zero-order valence-corrected chi connectivity index (χ0v) is 14.8. The molecular weight excluding hydrogens is 332 g/mol. The number of aromatic nitrogens is 2. The molecule has 1 aliphatic rings. The van der Waals surface area contributed by atoms with E-state index in [4.69, 9.17) is 13.6 Å². The average molecular weight is 354 g/mol. The first-order chi connectivity index (χ1) is 12.8. The van der Waals surface area contributed by atoms with Crippen LogP contribution in [0.5, 0.6) is 5.75 Å². The van der Waals surface area contributed by atoms with Crippen LogP contribution in [-0.2, 0) is 13.1 Å². The van der Waals surface area contributed by atoms with Gasteiger partial charge < -0.3 is 13.6 Å². The van der Waals surface area contributed by atoms with E-state index < -0.39 is 0 Å². The third-order valence-electron chi connectivity index (χ3n) is 4.59. The molecule has 7 nitrogen and oxygen atoms in total. The first kappa shape index (κ1) is 16.8. The molecule has 0 bridgehead atoms. The van der Waals surface area contributed by atoms with Gasteiger partial charge in [-0.2, -0.15) is 0 Å². The van der Waals surface area contributed by atoms with Crippen molar-refractivity contribution in [3.05, 3.63) is 54.1 Å². The summed E-state index contributed by atoms with van der Waals surface area (Å²) in [7, 11) is 1.69. The Kier molecular flexibility index (Phi) is 4.99. The van der Waals surface area contributed by atoms with E-state index in [1.54, 1.807) is 19.4 Å². The van der Waals surface area contributed by atoms with Crippen molar-refractivity contribution in [1.82, 2.24) is 20.0 Å². The van der Waals surface area contributed by atoms with Gasteiger partial charge >= 0.3 is 0 Å². The minimum atomic E-state index is 0.433. The van der Waals surface area contributed by atoms with Gasteiger partial charge in [0.1, 0.15) is 5.75 Å². The van der Waals surface area contributed by atoms with E-state index in [0.717, 1.165) is 38.5 Å². The maximum atomic E-state index is 5.69. The summed E-state index contributed by atoms with van der Waals surface area (Å²) < 4.78 is 16.2. The smallest absolute Gasteiger partial charge is 0.283 e. The Morgan fingerprint density at radius 1 is 0.962 bits per heavy atom. The van der Waals surface area contributed by atoms with Gasteiger partial charge in [-0.3, -0.25) is 9.80 Å². The fraction of sp³-hybridized carbons (Fsp3) is 0.368. The molecule has 1 fully saturated rings. The van der Waals surface area contributed by atoms with Gasteiger partial charge in [0.05, 0.1) is 19.9 Å². The Hall–Kier alpha value is -2.64. The highest BCUT2D eigenvalue weighted by atomic mass is 16.5. The maximum absolute atomic E-state index is 5.69. The first-order valence-electron chi connectivity index (χ1n) is 8.74. The van der Waals surface area contributed by atoms with Crippen LogP contribution in [0.1, 0.15) is 11.5 Å². The van der Waals surface area contributed by atoms with Crippen LogP contribution in [0.15, 0.2) is 51.5 Å². The lowest BCUT2D eigenvalue weighted by Crippen LogP contribution is -2.45. The molecule has 2 aromatic heterocycles. The van der Waals surface area contributed by atoms with E-state index in [9.17, 15) is 0 Å². The number of benzene rings is 1. The number of piperazine rings is 1. The monoisotopic (exact) mass is 354 g/mol. The van der Waals surface area contributed by atoms with Gasteiger partial charge in [-0.05, 0) is 29.8 Å². The molecule has 0 saturated carbocycles. The standard InChI is InChI=1S/C19H22N4O3/c1-24-16-6-4-15(5-7-16)13-22-8-10-23(11-9-22)14-18-20-21-19(26-18)17-3-2-12-25-17/h2-7,12H,8-11,13-14H2,1H3. The summed E-state index contributed by atoms with van der Waals surface area (Å²) >= 11 is 0. The van der Waals surface area contributed by atoms with E-state index in [2.05, 4.69) is 32.1 Å². The number of hydrogen-bond donors (Lipinski definition) is 0. The molecule has 0 aliphatic carbocycles. The third-order valence-corrected chi connectivity index (χ3v) is 4.59. The summed E-state index contributed by atoms with van der Waals surface area (Å²) in [6.07, 6.45) is 1.60. The molecule has 3 aromatic rings. The van der Waals surface area contributed by atoms with Gasteiger partial charge in [0.2, 0.25) is 5.89 Å². The van der Waals surface area contributed by atoms with E-state index in [1.807, 2.05) is 18.2 Å². The Morgan fingerprint density at radius 3 is 2.35 bits per heavy atom. The molecule has 1 aliphatic heterocycles. The van der Waals surface area contributed by atoms with Gasteiger partial charge in [-0.25, -0.2) is 0 Å². The van der Waals surface area contributed by atoms with Crippen LogP contribution in [0, 0.1) is 0 Å². The highest BCUT2D eigenvalue weighted by Gasteiger charge is 2.20. The van der Waals surface area contributed by atoms with Gasteiger partial charge in [0.15, 0.2) is 5.76 Å². The van der Waals surface area contributed by atoms with Crippen molar-refractivity contribution in [1.29, 1.82) is 0 Å². The lowest BCUT2D eigenvalue weighted by Gasteiger charge is -2.33. The van der Waals surface area contributed by atoms with Gasteiger partial charge in [-0.15, -0.1) is 10.2 Å². The Morgan fingerprint density at radius 2 is 1.69 bits per heavy atom. The van der Waals surface area contributed by atoms with E-state index in [0.29, 0.717) is 24.1 Å². The zero-order valence-electron chi connectivity index (χ0n) is 14.8. The Bertz CT molecular complexity index is 806. The molecule has 3 heterocycles. The number of methoxy groups -OCH3 is 1. The van der Waals surface area contributed by atoms with E-state index in [-0.39, 0.29) is 0 Å². The topological polar surface area (TPSA) is 67.8 Å². The van der Waals surface area contributed by atoms with Crippen molar-refractivity contribution in [2.24, 2.45) is 0 Å². The predicted octanol–water partition coefficient (Wildman–Crippen LogP) is 2.66. The van der Waals surface area contributed by atoms with Crippen molar-refractivity contribution in [2.45, 2.75) is 13.1 Å². The molecular formula is C19H22N4O3. The fourth-order valence-electron chi connectivity index (χ4n) is 3.10. The van der Waals surface area contributed by atoms with Crippen molar-refractivity contribution in [3.63, 3.8) is 0 Å². The molecule has 1 aromatic carbocycles. The molecule has 1 saturated heterocycles. The molecule has 0 radical (unpaired) electrons. The molecule has 4 rings (SSSR count). The van der Waals surface area contributed by atoms with Crippen molar-refractivity contribution < 1.29 is 13.6 Å². The van der Waals surface area contributed by atoms with Crippen molar-refractivity contribution >= 4 is 0 Å². The highest BCUT2D eigenvalue weighted by molar-refractivity contribution is 5.42. The lowest BCUT2D eigenvalue weighted by atomic mass is 10.2. The molecule has 0 amide bonds. The van der Waals surface area contributed by atoms with E-state index in [1.165, 1.54) is 5.56 Å². The number of nitrogens with zero attached hydrogens (tertiary/aromatic N) is 4. The highest BCUT2D eigenvalue weighted by Crippen LogP contribution is 2.19. The molecule has 136 valence electrons. The van der Waals surface area contributed by atoms with Crippen molar-refractivity contribution in [2.75, 3.05) is 33.3 Å². The van der Waals surface area contributed by atoms with Crippen LogP contribution in [0.2, 0.25) is 0 Å². The summed E-state index contributed by atoms with van der Waals surface area (Å²) in [6, 6.07) is 11.9. The minimum Gasteiger partial charge on any atom is -0.497 e. The quantitative estimate of drug-likeness (QED) is 0.674. The van der Waals surface area contributed by atoms with Gasteiger partial charge in [-0.1, -0.05) is 12.1 Å². The number of furan rings is 1. The molecule has 0 unspecified atom stereocenters. The number of rotatable bonds is 6. The summed E-state index contributed by atoms with van der Waals surface area (Å²) in [6.45, 7) is 5.63. The van der Waals surface area contributed by atoms with Crippen molar-refractivity contribution in [3.8, 4) is 17.4 Å². The Labute approximate surface area is 152 Å². The summed E-state index contributed by atoms with van der Waals surface area (Å²) in [4.78, 5) is 4.80. The molecule has 26 heavy (non-hydrogen) atoms. The SMILES string of the molecule is COc1ccc(CN2CCN(Cc3nnc(-c4ccco4)o3)CC2)cc1. The molecule has 0 N–H and O–H groups in total. The normalized spacial score (nSPS) is 16.0. The largest absolute Gasteiger partial charge is 0.497 e. The molecule has 0 spiro atoms. The second-order valence-corrected chi connectivity index (χ2v) is 6.38. The second-order valence-electron chi connectivity index (χ2n) is 6.38. The minimum absolute atomic E-state index is 0.433. The lowest BCUT2D eigenvalue weighted by molar-refractivity contribution is 0.114. The summed E-state index contributed by atoms with van der Waals surface area (Å²) in [5.74, 6) is 2.56. The number of ether oxygens (including phenoxy) is 1. The van der Waals surface area contributed by atoms with Crippen LogP contribution in [0.3, 0.4) is 0 Å². The van der Waals surface area contributed by atoms with Gasteiger partial charge in [0, 0.05) is 32.7 Å². The van der Waals surface area contributed by atoms with Gasteiger partial charge in [0.25, 0.3) is 5.89 Å². The fourth-order valence-corrected chi connectivity index (χ4v) is 3.10. The van der Waals surface area contributed by atoms with Crippen LogP contribution >= 0.6 is 0 Å². The van der Waals surface area contributed by atoms with Crippen LogP contribution in [-0.4, -0.2) is 53.3 Å². The predicted molar refractivity (Wildman–Crippen MR) is 95.5 cm³/mol. The second kappa shape index (κ2) is 7.72. The maximum Gasteiger partial charge on any atom is 0.283 e. The third kappa shape index (κ3) is 3.95. The zero-order chi connectivity index (χ0) is 17.8. The van der Waals surface area contributed by atoms with Crippen LogP contribution < -0.4 is 4.74 Å². The summed E-state index contributed by atoms with van der Waals surface area (Å²) in [5, 5.41) is 8.18. The molecule has 7 heteroatoms. The summed E-state index contributed by atoms with van der Waals surface area (Å²) in [5.41, 5.74) is 1.30. The first-order valence-corrected chi connectivity index (χ1v) is 8.74. The Balaban J connectivity index is 1.27. The average Bonchev–Trinajstić information content (AvgIpc) is 3.36. The van der Waals surface area contributed by atoms with E-state index >= 15 is 0 Å². The molecule has 0 atom stereocenters. The number of hydrogen-bond acceptors (Lipinski definition) is 7. The van der Waals surface area contributed by atoms with Crippen LogP contribution in [0.4, 0.5) is 0 Å².